The van der Waals surface area contributed by atoms with Crippen LogP contribution in [0, 0.1) is 5.82 Å². The van der Waals surface area contributed by atoms with Gasteiger partial charge in [0.2, 0.25) is 0 Å². The Morgan fingerprint density at radius 1 is 1.03 bits per heavy atom. The SMILES string of the molecule is C[C@@H]1N(S(=O)(=O)c2ccc(C(C)(C)C)cc2)c2ccc(Cl)cc2[C@@]12Cc1ccc(F)cc1C2=O. The topological polar surface area (TPSA) is 54.5 Å². The third kappa shape index (κ3) is 3.15. The summed E-state index contributed by atoms with van der Waals surface area (Å²) in [7, 11) is -3.99. The van der Waals surface area contributed by atoms with Crippen LogP contribution in [0.1, 0.15) is 54.7 Å². The molecule has 5 rings (SSSR count). The lowest BCUT2D eigenvalue weighted by Gasteiger charge is -2.32. The van der Waals surface area contributed by atoms with E-state index in [1.807, 2.05) is 12.1 Å². The molecule has 2 aliphatic rings. The van der Waals surface area contributed by atoms with E-state index in [9.17, 15) is 17.6 Å². The summed E-state index contributed by atoms with van der Waals surface area (Å²) in [5, 5.41) is 0.411. The molecule has 1 aliphatic carbocycles. The van der Waals surface area contributed by atoms with Gasteiger partial charge in [0, 0.05) is 10.6 Å². The molecule has 4 nitrogen and oxygen atoms in total. The molecular formula is C27H25ClFNO3S. The van der Waals surface area contributed by atoms with Crippen molar-refractivity contribution in [1.82, 2.24) is 0 Å². The van der Waals surface area contributed by atoms with Crippen molar-refractivity contribution >= 4 is 33.1 Å². The zero-order valence-electron chi connectivity index (χ0n) is 19.4. The van der Waals surface area contributed by atoms with Gasteiger partial charge in [0.15, 0.2) is 5.78 Å². The molecule has 7 heteroatoms. The standard InChI is InChI=1S/C27H25ClFNO3S/c1-16-27(15-17-5-9-20(29)14-22(17)25(27)31)23-13-19(28)8-12-24(23)30(16)34(32,33)21-10-6-18(7-11-21)26(2,3)4/h5-14,16H,15H2,1-4H3/t16-,27+/m0/s1. The van der Waals surface area contributed by atoms with Gasteiger partial charge >= 0.3 is 0 Å². The summed E-state index contributed by atoms with van der Waals surface area (Å²) in [5.41, 5.74) is 1.72. The third-order valence-electron chi connectivity index (χ3n) is 7.21. The fourth-order valence-corrected chi connectivity index (χ4v) is 7.25. The predicted molar refractivity (Wildman–Crippen MR) is 132 cm³/mol. The molecule has 0 fully saturated rings. The maximum absolute atomic E-state index is 14.0. The molecule has 3 aromatic rings. The van der Waals surface area contributed by atoms with Crippen LogP contribution in [0.4, 0.5) is 10.1 Å². The zero-order valence-corrected chi connectivity index (χ0v) is 21.0. The molecule has 34 heavy (non-hydrogen) atoms. The Morgan fingerprint density at radius 2 is 1.71 bits per heavy atom. The van der Waals surface area contributed by atoms with Crippen LogP contribution in [0.3, 0.4) is 0 Å². The fraction of sp³-hybridized carbons (Fsp3) is 0.296. The molecule has 0 amide bonds. The molecule has 0 aromatic heterocycles. The minimum absolute atomic E-state index is 0.117. The Bertz CT molecular complexity index is 1440. The number of rotatable bonds is 2. The molecule has 3 aromatic carbocycles. The number of ketones is 1. The summed E-state index contributed by atoms with van der Waals surface area (Å²) < 4.78 is 43.2. The van der Waals surface area contributed by atoms with Crippen molar-refractivity contribution < 1.29 is 17.6 Å². The summed E-state index contributed by atoms with van der Waals surface area (Å²) in [6.07, 6.45) is 0.283. The van der Waals surface area contributed by atoms with Crippen molar-refractivity contribution in [3.63, 3.8) is 0 Å². The zero-order chi connectivity index (χ0) is 24.6. The Morgan fingerprint density at radius 3 is 2.35 bits per heavy atom. The molecule has 176 valence electrons. The van der Waals surface area contributed by atoms with Gasteiger partial charge in [0.1, 0.15) is 5.82 Å². The van der Waals surface area contributed by atoms with Crippen LogP contribution in [-0.2, 0) is 27.3 Å². The molecule has 0 saturated carbocycles. The lowest BCUT2D eigenvalue weighted by Crippen LogP contribution is -2.48. The van der Waals surface area contributed by atoms with E-state index >= 15 is 0 Å². The van der Waals surface area contributed by atoms with Gasteiger partial charge in [-0.25, -0.2) is 12.8 Å². The molecule has 0 saturated heterocycles. The average Bonchev–Trinajstić information content (AvgIpc) is 3.20. The number of fused-ring (bicyclic) bond motifs is 3. The average molecular weight is 498 g/mol. The van der Waals surface area contributed by atoms with E-state index in [-0.39, 0.29) is 22.5 Å². The maximum Gasteiger partial charge on any atom is 0.264 e. The number of carbonyl (C=O) groups is 1. The molecule has 2 atom stereocenters. The van der Waals surface area contributed by atoms with Gasteiger partial charge in [-0.3, -0.25) is 9.10 Å². The van der Waals surface area contributed by atoms with Gasteiger partial charge in [-0.2, -0.15) is 0 Å². The molecule has 0 bridgehead atoms. The van der Waals surface area contributed by atoms with E-state index in [0.717, 1.165) is 5.56 Å². The van der Waals surface area contributed by atoms with Crippen molar-refractivity contribution in [3.8, 4) is 0 Å². The Labute approximate surface area is 204 Å². The van der Waals surface area contributed by atoms with E-state index in [4.69, 9.17) is 11.6 Å². The lowest BCUT2D eigenvalue weighted by molar-refractivity contribution is 0.0893. The first kappa shape index (κ1) is 23.1. The Hall–Kier alpha value is -2.70. The van der Waals surface area contributed by atoms with Crippen LogP contribution in [0.25, 0.3) is 0 Å². The minimum atomic E-state index is -3.99. The van der Waals surface area contributed by atoms with Crippen molar-refractivity contribution in [2.45, 2.75) is 55.9 Å². The number of hydrogen-bond acceptors (Lipinski definition) is 3. The van der Waals surface area contributed by atoms with Gasteiger partial charge in [-0.1, -0.05) is 50.6 Å². The Kier molecular flexibility index (Phi) is 5.02. The van der Waals surface area contributed by atoms with Gasteiger partial charge in [-0.05, 0) is 77.9 Å². The van der Waals surface area contributed by atoms with Crippen molar-refractivity contribution in [3.05, 3.63) is 93.8 Å². The number of Topliss-reactive ketones (excluding diaryl/α,β-unsaturated/α-hetero) is 1. The number of hydrogen-bond donors (Lipinski definition) is 0. The highest BCUT2D eigenvalue weighted by Crippen LogP contribution is 2.54. The van der Waals surface area contributed by atoms with Gasteiger partial charge in [-0.15, -0.1) is 0 Å². The second-order valence-electron chi connectivity index (χ2n) is 10.2. The first-order chi connectivity index (χ1) is 15.9. The van der Waals surface area contributed by atoms with Crippen LogP contribution in [0.2, 0.25) is 5.02 Å². The predicted octanol–water partition coefficient (Wildman–Crippen LogP) is 6.05. The molecular weight excluding hydrogens is 473 g/mol. The maximum atomic E-state index is 14.0. The summed E-state index contributed by atoms with van der Waals surface area (Å²) in [6, 6.07) is 15.3. The third-order valence-corrected chi connectivity index (χ3v) is 9.34. The van der Waals surface area contributed by atoms with Crippen molar-refractivity contribution in [2.75, 3.05) is 4.31 Å². The van der Waals surface area contributed by atoms with Gasteiger partial charge < -0.3 is 0 Å². The monoisotopic (exact) mass is 497 g/mol. The highest BCUT2D eigenvalue weighted by atomic mass is 35.5. The van der Waals surface area contributed by atoms with Crippen molar-refractivity contribution in [2.24, 2.45) is 0 Å². The number of nitrogens with zero attached hydrogens (tertiary/aromatic N) is 1. The summed E-state index contributed by atoms with van der Waals surface area (Å²) in [4.78, 5) is 13.9. The van der Waals surface area contributed by atoms with Crippen LogP contribution in [0.5, 0.6) is 0 Å². The summed E-state index contributed by atoms with van der Waals surface area (Å²) in [6.45, 7) is 7.94. The molecule has 0 N–H and O–H groups in total. The number of benzene rings is 3. The molecule has 0 unspecified atom stereocenters. The van der Waals surface area contributed by atoms with Crippen LogP contribution < -0.4 is 4.31 Å². The summed E-state index contributed by atoms with van der Waals surface area (Å²) in [5.74, 6) is -0.775. The van der Waals surface area contributed by atoms with E-state index in [2.05, 4.69) is 20.8 Å². The minimum Gasteiger partial charge on any atom is -0.293 e. The van der Waals surface area contributed by atoms with E-state index in [0.29, 0.717) is 27.4 Å². The van der Waals surface area contributed by atoms with Crippen LogP contribution in [0.15, 0.2) is 65.6 Å². The molecule has 1 spiro atoms. The smallest absolute Gasteiger partial charge is 0.264 e. The van der Waals surface area contributed by atoms with Crippen molar-refractivity contribution in [1.29, 1.82) is 0 Å². The number of halogens is 2. The number of sulfonamides is 1. The second kappa shape index (κ2) is 7.40. The molecule has 0 radical (unpaired) electrons. The highest BCUT2D eigenvalue weighted by Gasteiger charge is 2.60. The van der Waals surface area contributed by atoms with E-state index < -0.39 is 27.3 Å². The highest BCUT2D eigenvalue weighted by molar-refractivity contribution is 7.92. The quantitative estimate of drug-likeness (QED) is 0.433. The molecule has 1 heterocycles. The van der Waals surface area contributed by atoms with Gasteiger partial charge in [0.25, 0.3) is 10.0 Å². The number of carbonyl (C=O) groups excluding carboxylic acids is 1. The van der Waals surface area contributed by atoms with E-state index in [1.54, 1.807) is 43.3 Å². The summed E-state index contributed by atoms with van der Waals surface area (Å²) >= 11 is 6.32. The van der Waals surface area contributed by atoms with E-state index in [1.165, 1.54) is 16.4 Å². The number of anilines is 1. The first-order valence-corrected chi connectivity index (χ1v) is 13.0. The second-order valence-corrected chi connectivity index (χ2v) is 12.4. The first-order valence-electron chi connectivity index (χ1n) is 11.2. The lowest BCUT2D eigenvalue weighted by atomic mass is 9.74. The Balaban J connectivity index is 1.67. The van der Waals surface area contributed by atoms with Crippen LogP contribution >= 0.6 is 11.6 Å². The normalized spacial score (nSPS) is 21.8. The van der Waals surface area contributed by atoms with Crippen LogP contribution in [-0.4, -0.2) is 20.2 Å². The van der Waals surface area contributed by atoms with Gasteiger partial charge in [0.05, 0.1) is 22.0 Å². The largest absolute Gasteiger partial charge is 0.293 e. The molecule has 1 aliphatic heterocycles. The fourth-order valence-electron chi connectivity index (χ4n) is 5.36.